The van der Waals surface area contributed by atoms with Crippen LogP contribution in [-0.4, -0.2) is 25.0 Å². The smallest absolute Gasteiger partial charge is 0.264 e. The van der Waals surface area contributed by atoms with Crippen molar-refractivity contribution in [3.8, 4) is 0 Å². The fourth-order valence-corrected chi connectivity index (χ4v) is 2.67. The summed E-state index contributed by atoms with van der Waals surface area (Å²) in [7, 11) is -3.70. The van der Waals surface area contributed by atoms with E-state index >= 15 is 0 Å². The third-order valence-electron chi connectivity index (χ3n) is 2.69. The first kappa shape index (κ1) is 15.4. The molecular formula is C14H17N3O3S. The molecule has 0 aliphatic rings. The van der Waals surface area contributed by atoms with E-state index in [2.05, 4.69) is 14.7 Å². The summed E-state index contributed by atoms with van der Waals surface area (Å²) in [5.74, 6) is 0.0517. The first-order chi connectivity index (χ1) is 10.0. The summed E-state index contributed by atoms with van der Waals surface area (Å²) in [6.07, 6.45) is 3.10. The largest absolute Gasteiger partial charge is 0.377 e. The number of ether oxygens (including phenoxy) is 1. The highest BCUT2D eigenvalue weighted by Gasteiger charge is 2.15. The van der Waals surface area contributed by atoms with Crippen molar-refractivity contribution in [3.05, 3.63) is 47.8 Å². The van der Waals surface area contributed by atoms with Gasteiger partial charge >= 0.3 is 0 Å². The van der Waals surface area contributed by atoms with Crippen LogP contribution in [0.3, 0.4) is 0 Å². The van der Waals surface area contributed by atoms with Crippen LogP contribution < -0.4 is 4.72 Å². The van der Waals surface area contributed by atoms with Crippen molar-refractivity contribution < 1.29 is 13.2 Å². The summed E-state index contributed by atoms with van der Waals surface area (Å²) >= 11 is 0. The number of benzene rings is 1. The lowest BCUT2D eigenvalue weighted by atomic mass is 10.2. The molecule has 0 bridgehead atoms. The molecule has 2 aromatic rings. The number of aryl methyl sites for hydroxylation is 1. The van der Waals surface area contributed by atoms with Crippen LogP contribution in [0.25, 0.3) is 0 Å². The van der Waals surface area contributed by atoms with Crippen LogP contribution in [0.2, 0.25) is 0 Å². The maximum atomic E-state index is 12.3. The van der Waals surface area contributed by atoms with E-state index in [0.717, 1.165) is 11.1 Å². The first-order valence-electron chi connectivity index (χ1n) is 6.49. The Bertz CT molecular complexity index is 700. The molecular weight excluding hydrogens is 290 g/mol. The lowest BCUT2D eigenvalue weighted by Gasteiger charge is -2.08. The molecule has 0 atom stereocenters. The molecule has 2 rings (SSSR count). The maximum Gasteiger partial charge on any atom is 0.264 e. The highest BCUT2D eigenvalue weighted by atomic mass is 32.2. The molecule has 21 heavy (non-hydrogen) atoms. The monoisotopic (exact) mass is 307 g/mol. The number of sulfonamides is 1. The van der Waals surface area contributed by atoms with Crippen LogP contribution in [0, 0.1) is 6.92 Å². The average Bonchev–Trinajstić information content (AvgIpc) is 2.48. The van der Waals surface area contributed by atoms with Gasteiger partial charge in [-0.3, -0.25) is 0 Å². The molecule has 0 saturated carbocycles. The second kappa shape index (κ2) is 6.64. The summed E-state index contributed by atoms with van der Waals surface area (Å²) < 4.78 is 32.2. The minimum atomic E-state index is -3.70. The van der Waals surface area contributed by atoms with E-state index in [1.54, 1.807) is 24.5 Å². The second-order valence-electron chi connectivity index (χ2n) is 4.47. The minimum absolute atomic E-state index is 0.0517. The van der Waals surface area contributed by atoms with E-state index in [0.29, 0.717) is 13.2 Å². The van der Waals surface area contributed by atoms with Crippen LogP contribution in [0.1, 0.15) is 18.1 Å². The Balaban J connectivity index is 2.20. The molecule has 0 unspecified atom stereocenters. The lowest BCUT2D eigenvalue weighted by Crippen LogP contribution is -2.15. The number of rotatable bonds is 6. The maximum absolute atomic E-state index is 12.3. The summed E-state index contributed by atoms with van der Waals surface area (Å²) in [6.45, 7) is 4.67. The minimum Gasteiger partial charge on any atom is -0.377 e. The predicted octanol–water partition coefficient (Wildman–Crippen LogP) is 2.12. The molecule has 7 heteroatoms. The number of hydrogen-bond acceptors (Lipinski definition) is 5. The summed E-state index contributed by atoms with van der Waals surface area (Å²) in [6, 6.07) is 6.59. The van der Waals surface area contributed by atoms with E-state index in [1.807, 2.05) is 19.9 Å². The fourth-order valence-electron chi connectivity index (χ4n) is 1.65. The predicted molar refractivity (Wildman–Crippen MR) is 79.3 cm³/mol. The van der Waals surface area contributed by atoms with E-state index in [-0.39, 0.29) is 10.8 Å². The Morgan fingerprint density at radius 3 is 2.62 bits per heavy atom. The van der Waals surface area contributed by atoms with Crippen molar-refractivity contribution in [2.24, 2.45) is 0 Å². The van der Waals surface area contributed by atoms with Gasteiger partial charge < -0.3 is 4.74 Å². The molecule has 1 aromatic carbocycles. The van der Waals surface area contributed by atoms with Crippen LogP contribution in [-0.2, 0) is 21.4 Å². The third kappa shape index (κ3) is 4.24. The van der Waals surface area contributed by atoms with Gasteiger partial charge in [-0.15, -0.1) is 0 Å². The number of aromatic nitrogens is 2. The van der Waals surface area contributed by atoms with Gasteiger partial charge in [-0.2, -0.15) is 0 Å². The SMILES string of the molecule is CCOCc1cccc(S(=O)(=O)Nc2ncc(C)cn2)c1. The standard InChI is InChI=1S/C14H17N3O3S/c1-3-20-10-12-5-4-6-13(7-12)21(18,19)17-14-15-8-11(2)9-16-14/h4-9H,3,10H2,1-2H3,(H,15,16,17). The fraction of sp³-hybridized carbons (Fsp3) is 0.286. The van der Waals surface area contributed by atoms with E-state index < -0.39 is 10.0 Å². The molecule has 0 fully saturated rings. The first-order valence-corrected chi connectivity index (χ1v) is 7.98. The quantitative estimate of drug-likeness (QED) is 0.884. The van der Waals surface area contributed by atoms with Crippen molar-refractivity contribution in [1.29, 1.82) is 0 Å². The van der Waals surface area contributed by atoms with Gasteiger partial charge in [0.1, 0.15) is 0 Å². The number of nitrogens with one attached hydrogen (secondary N) is 1. The van der Waals surface area contributed by atoms with Crippen molar-refractivity contribution in [2.75, 3.05) is 11.3 Å². The highest BCUT2D eigenvalue weighted by Crippen LogP contribution is 2.15. The molecule has 0 spiro atoms. The molecule has 1 heterocycles. The molecule has 0 aliphatic heterocycles. The molecule has 1 N–H and O–H groups in total. The Morgan fingerprint density at radius 2 is 1.95 bits per heavy atom. The summed E-state index contributed by atoms with van der Waals surface area (Å²) in [4.78, 5) is 8.03. The normalized spacial score (nSPS) is 11.3. The summed E-state index contributed by atoms with van der Waals surface area (Å²) in [5, 5.41) is 0. The molecule has 112 valence electrons. The average molecular weight is 307 g/mol. The van der Waals surface area contributed by atoms with Crippen molar-refractivity contribution in [2.45, 2.75) is 25.3 Å². The van der Waals surface area contributed by atoms with Gasteiger partial charge in [0, 0.05) is 19.0 Å². The zero-order valence-corrected chi connectivity index (χ0v) is 12.7. The van der Waals surface area contributed by atoms with Gasteiger partial charge in [0.05, 0.1) is 11.5 Å². The van der Waals surface area contributed by atoms with E-state index in [4.69, 9.17) is 4.74 Å². The lowest BCUT2D eigenvalue weighted by molar-refractivity contribution is 0.134. The molecule has 0 aliphatic carbocycles. The Kier molecular flexibility index (Phi) is 4.87. The Hall–Kier alpha value is -1.99. The van der Waals surface area contributed by atoms with Gasteiger partial charge in [0.2, 0.25) is 5.95 Å². The van der Waals surface area contributed by atoms with Gasteiger partial charge in [-0.1, -0.05) is 12.1 Å². The molecule has 0 radical (unpaired) electrons. The highest BCUT2D eigenvalue weighted by molar-refractivity contribution is 7.92. The molecule has 0 saturated heterocycles. The third-order valence-corrected chi connectivity index (χ3v) is 4.01. The van der Waals surface area contributed by atoms with Crippen molar-refractivity contribution in [3.63, 3.8) is 0 Å². The topological polar surface area (TPSA) is 81.2 Å². The van der Waals surface area contributed by atoms with Gasteiger partial charge in [0.15, 0.2) is 0 Å². The van der Waals surface area contributed by atoms with Gasteiger partial charge in [-0.05, 0) is 37.1 Å². The molecule has 0 amide bonds. The van der Waals surface area contributed by atoms with Crippen LogP contribution >= 0.6 is 0 Å². The van der Waals surface area contributed by atoms with E-state index in [9.17, 15) is 8.42 Å². The zero-order valence-electron chi connectivity index (χ0n) is 11.9. The van der Waals surface area contributed by atoms with Crippen molar-refractivity contribution in [1.82, 2.24) is 9.97 Å². The number of anilines is 1. The zero-order chi connectivity index (χ0) is 15.3. The van der Waals surface area contributed by atoms with Crippen LogP contribution in [0.15, 0.2) is 41.6 Å². The number of hydrogen-bond donors (Lipinski definition) is 1. The Labute approximate surface area is 124 Å². The van der Waals surface area contributed by atoms with Crippen molar-refractivity contribution >= 4 is 16.0 Å². The van der Waals surface area contributed by atoms with Crippen LogP contribution in [0.4, 0.5) is 5.95 Å². The molecule has 1 aromatic heterocycles. The Morgan fingerprint density at radius 1 is 1.24 bits per heavy atom. The number of nitrogens with zero attached hydrogens (tertiary/aromatic N) is 2. The van der Waals surface area contributed by atoms with E-state index in [1.165, 1.54) is 6.07 Å². The van der Waals surface area contributed by atoms with Gasteiger partial charge in [0.25, 0.3) is 10.0 Å². The second-order valence-corrected chi connectivity index (χ2v) is 6.16. The summed E-state index contributed by atoms with van der Waals surface area (Å²) in [5.41, 5.74) is 1.65. The van der Waals surface area contributed by atoms with Crippen LogP contribution in [0.5, 0.6) is 0 Å². The molecule has 6 nitrogen and oxygen atoms in total. The van der Waals surface area contributed by atoms with Gasteiger partial charge in [-0.25, -0.2) is 23.1 Å².